The fraction of sp³-hybridized carbons (Fsp3) is 0.125. The number of ether oxygens (including phenoxy) is 1. The summed E-state index contributed by atoms with van der Waals surface area (Å²) < 4.78 is 5.69. The van der Waals surface area contributed by atoms with Gasteiger partial charge in [0.25, 0.3) is 5.91 Å². The third-order valence-electron chi connectivity index (χ3n) is 4.26. The summed E-state index contributed by atoms with van der Waals surface area (Å²) in [5.74, 6) is 0.159. The Labute approximate surface area is 185 Å². The molecule has 3 aromatic rings. The Balaban J connectivity index is 1.47. The lowest BCUT2D eigenvalue weighted by molar-refractivity contribution is -0.115. The second-order valence-corrected chi connectivity index (χ2v) is 7.25. The van der Waals surface area contributed by atoms with E-state index in [0.717, 1.165) is 5.56 Å². The van der Waals surface area contributed by atoms with E-state index in [4.69, 9.17) is 16.3 Å². The molecular formula is C24H22ClN3O3. The Morgan fingerprint density at radius 1 is 0.935 bits per heavy atom. The third-order valence-corrected chi connectivity index (χ3v) is 4.51. The van der Waals surface area contributed by atoms with Crippen molar-refractivity contribution in [2.45, 2.75) is 20.0 Å². The van der Waals surface area contributed by atoms with Crippen LogP contribution in [0.3, 0.4) is 0 Å². The molecule has 0 aliphatic heterocycles. The van der Waals surface area contributed by atoms with E-state index in [2.05, 4.69) is 15.8 Å². The molecule has 3 aromatic carbocycles. The Kier molecular flexibility index (Phi) is 7.79. The molecular weight excluding hydrogens is 414 g/mol. The standard InChI is InChI=1S/C24H22ClN3O3/c1-17(15-23(29)26-21-5-3-2-4-6-21)27-28-24(30)19-9-7-18(8-10-19)16-31-22-13-11-20(25)12-14-22/h2-14H,15-16H2,1H3,(H,26,29)(H,28,30). The van der Waals surface area contributed by atoms with Gasteiger partial charge in [0, 0.05) is 22.0 Å². The van der Waals surface area contributed by atoms with Crippen molar-refractivity contribution in [1.29, 1.82) is 0 Å². The van der Waals surface area contributed by atoms with Crippen LogP contribution in [0.2, 0.25) is 5.02 Å². The van der Waals surface area contributed by atoms with Gasteiger partial charge in [-0.2, -0.15) is 5.10 Å². The highest BCUT2D eigenvalue weighted by Gasteiger charge is 2.07. The first-order chi connectivity index (χ1) is 15.0. The number of hydrogen-bond acceptors (Lipinski definition) is 4. The molecule has 0 heterocycles. The normalized spacial score (nSPS) is 11.0. The van der Waals surface area contributed by atoms with Crippen LogP contribution in [0.1, 0.15) is 29.3 Å². The molecule has 0 radical (unpaired) electrons. The largest absolute Gasteiger partial charge is 0.489 e. The van der Waals surface area contributed by atoms with Gasteiger partial charge in [-0.25, -0.2) is 5.43 Å². The molecule has 6 nitrogen and oxygen atoms in total. The van der Waals surface area contributed by atoms with Crippen LogP contribution < -0.4 is 15.5 Å². The van der Waals surface area contributed by atoms with E-state index in [1.54, 1.807) is 55.5 Å². The fourth-order valence-electron chi connectivity index (χ4n) is 2.66. The molecule has 158 valence electrons. The van der Waals surface area contributed by atoms with Gasteiger partial charge in [-0.1, -0.05) is 41.9 Å². The minimum absolute atomic E-state index is 0.0795. The SMILES string of the molecule is CC(CC(=O)Nc1ccccc1)=NNC(=O)c1ccc(COc2ccc(Cl)cc2)cc1. The maximum absolute atomic E-state index is 12.3. The van der Waals surface area contributed by atoms with Gasteiger partial charge in [0.05, 0.1) is 6.42 Å². The molecule has 7 heteroatoms. The predicted octanol–water partition coefficient (Wildman–Crippen LogP) is 5.05. The number of rotatable bonds is 8. The molecule has 2 amide bonds. The topological polar surface area (TPSA) is 79.8 Å². The predicted molar refractivity (Wildman–Crippen MR) is 122 cm³/mol. The Hall–Kier alpha value is -3.64. The van der Waals surface area contributed by atoms with Crippen LogP contribution in [-0.2, 0) is 11.4 Å². The second kappa shape index (κ2) is 10.9. The van der Waals surface area contributed by atoms with Crippen molar-refractivity contribution in [1.82, 2.24) is 5.43 Å². The Morgan fingerprint density at radius 3 is 2.29 bits per heavy atom. The minimum atomic E-state index is -0.354. The number of halogens is 1. The lowest BCUT2D eigenvalue weighted by Crippen LogP contribution is -2.21. The second-order valence-electron chi connectivity index (χ2n) is 6.82. The summed E-state index contributed by atoms with van der Waals surface area (Å²) in [6.45, 7) is 2.05. The van der Waals surface area contributed by atoms with E-state index in [1.807, 2.05) is 30.3 Å². The monoisotopic (exact) mass is 435 g/mol. The minimum Gasteiger partial charge on any atom is -0.489 e. The molecule has 0 unspecified atom stereocenters. The maximum atomic E-state index is 12.3. The number of amides is 2. The van der Waals surface area contributed by atoms with Crippen LogP contribution in [0.4, 0.5) is 5.69 Å². The first-order valence-corrected chi connectivity index (χ1v) is 10.0. The van der Waals surface area contributed by atoms with Crippen LogP contribution in [-0.4, -0.2) is 17.5 Å². The van der Waals surface area contributed by atoms with Gasteiger partial charge in [0.1, 0.15) is 12.4 Å². The number of hydrogen-bond donors (Lipinski definition) is 2. The quantitative estimate of drug-likeness (QED) is 0.383. The lowest BCUT2D eigenvalue weighted by Gasteiger charge is -2.07. The molecule has 31 heavy (non-hydrogen) atoms. The summed E-state index contributed by atoms with van der Waals surface area (Å²) in [4.78, 5) is 24.3. The number of carbonyl (C=O) groups is 2. The van der Waals surface area contributed by atoms with E-state index >= 15 is 0 Å². The number of para-hydroxylation sites is 1. The summed E-state index contributed by atoms with van der Waals surface area (Å²) in [6.07, 6.45) is 0.0795. The van der Waals surface area contributed by atoms with Crippen molar-refractivity contribution in [2.24, 2.45) is 5.10 Å². The summed E-state index contributed by atoms with van der Waals surface area (Å²) in [5, 5.41) is 7.43. The van der Waals surface area contributed by atoms with Crippen LogP contribution >= 0.6 is 11.6 Å². The lowest BCUT2D eigenvalue weighted by atomic mass is 10.1. The molecule has 0 aliphatic carbocycles. The molecule has 0 bridgehead atoms. The van der Waals surface area contributed by atoms with E-state index in [9.17, 15) is 9.59 Å². The van der Waals surface area contributed by atoms with E-state index < -0.39 is 0 Å². The highest BCUT2D eigenvalue weighted by Crippen LogP contribution is 2.17. The van der Waals surface area contributed by atoms with Gasteiger partial charge < -0.3 is 10.1 Å². The number of hydrazone groups is 1. The van der Waals surface area contributed by atoms with E-state index in [1.165, 1.54) is 0 Å². The van der Waals surface area contributed by atoms with Crippen molar-refractivity contribution >= 4 is 34.8 Å². The molecule has 0 aromatic heterocycles. The number of carbonyl (C=O) groups excluding carboxylic acids is 2. The highest BCUT2D eigenvalue weighted by atomic mass is 35.5. The number of anilines is 1. The smallest absolute Gasteiger partial charge is 0.271 e. The van der Waals surface area contributed by atoms with Gasteiger partial charge in [0.2, 0.25) is 5.91 Å². The fourth-order valence-corrected chi connectivity index (χ4v) is 2.79. The van der Waals surface area contributed by atoms with E-state index in [-0.39, 0.29) is 18.2 Å². The number of benzene rings is 3. The zero-order chi connectivity index (χ0) is 22.1. The highest BCUT2D eigenvalue weighted by molar-refractivity contribution is 6.30. The maximum Gasteiger partial charge on any atom is 0.271 e. The molecule has 0 spiro atoms. The van der Waals surface area contributed by atoms with Crippen molar-refractivity contribution < 1.29 is 14.3 Å². The molecule has 0 saturated carbocycles. The zero-order valence-electron chi connectivity index (χ0n) is 17.0. The average molecular weight is 436 g/mol. The molecule has 0 fully saturated rings. The van der Waals surface area contributed by atoms with Crippen LogP contribution in [0.5, 0.6) is 5.75 Å². The first-order valence-electron chi connectivity index (χ1n) is 9.65. The van der Waals surface area contributed by atoms with Crippen molar-refractivity contribution in [3.63, 3.8) is 0 Å². The first kappa shape index (κ1) is 22.1. The average Bonchev–Trinajstić information content (AvgIpc) is 2.78. The molecule has 0 aliphatic rings. The van der Waals surface area contributed by atoms with Crippen LogP contribution in [0.25, 0.3) is 0 Å². The summed E-state index contributed by atoms with van der Waals surface area (Å²) in [5.41, 5.74) is 5.06. The summed E-state index contributed by atoms with van der Waals surface area (Å²) >= 11 is 5.86. The zero-order valence-corrected chi connectivity index (χ0v) is 17.7. The van der Waals surface area contributed by atoms with Gasteiger partial charge >= 0.3 is 0 Å². The molecule has 2 N–H and O–H groups in total. The van der Waals surface area contributed by atoms with E-state index in [0.29, 0.717) is 34.3 Å². The van der Waals surface area contributed by atoms with Gasteiger partial charge in [-0.05, 0) is 61.0 Å². The van der Waals surface area contributed by atoms with Crippen molar-refractivity contribution in [3.8, 4) is 5.75 Å². The van der Waals surface area contributed by atoms with Gasteiger partial charge in [0.15, 0.2) is 0 Å². The number of nitrogens with one attached hydrogen (secondary N) is 2. The number of nitrogens with zero attached hydrogens (tertiary/aromatic N) is 1. The molecule has 3 rings (SSSR count). The van der Waals surface area contributed by atoms with Gasteiger partial charge in [-0.15, -0.1) is 0 Å². The van der Waals surface area contributed by atoms with Crippen LogP contribution in [0.15, 0.2) is 84.0 Å². The summed E-state index contributed by atoms with van der Waals surface area (Å²) in [7, 11) is 0. The van der Waals surface area contributed by atoms with Crippen molar-refractivity contribution in [3.05, 3.63) is 95.0 Å². The van der Waals surface area contributed by atoms with Gasteiger partial charge in [-0.3, -0.25) is 9.59 Å². The van der Waals surface area contributed by atoms with Crippen molar-refractivity contribution in [2.75, 3.05) is 5.32 Å². The van der Waals surface area contributed by atoms with Crippen LogP contribution in [0, 0.1) is 0 Å². The Morgan fingerprint density at radius 2 is 1.61 bits per heavy atom. The summed E-state index contributed by atoms with van der Waals surface area (Å²) in [6, 6.07) is 23.3. The third kappa shape index (κ3) is 7.28. The molecule has 0 saturated heterocycles. The Bertz CT molecular complexity index is 1050. The molecule has 0 atom stereocenters.